The van der Waals surface area contributed by atoms with Gasteiger partial charge in [0.2, 0.25) is 0 Å². The van der Waals surface area contributed by atoms with E-state index in [0.29, 0.717) is 6.54 Å². The maximum Gasteiger partial charge on any atom is 0.414 e. The standard InChI is InChI=1S/C14H18N2O3S/c17-10-13-9-16(14(18)19-13)12-3-1-11(2-4-12)15-5-7-20-8-6-15/h1-4,13,17H,5-10H2/t13-/m1/s1. The zero-order valence-corrected chi connectivity index (χ0v) is 12.0. The predicted molar refractivity (Wildman–Crippen MR) is 80.7 cm³/mol. The van der Waals surface area contributed by atoms with E-state index in [1.165, 1.54) is 17.2 Å². The van der Waals surface area contributed by atoms with Gasteiger partial charge in [0.25, 0.3) is 0 Å². The van der Waals surface area contributed by atoms with E-state index in [-0.39, 0.29) is 12.7 Å². The quantitative estimate of drug-likeness (QED) is 0.917. The van der Waals surface area contributed by atoms with E-state index in [2.05, 4.69) is 4.90 Å². The second kappa shape index (κ2) is 5.93. The van der Waals surface area contributed by atoms with Crippen molar-refractivity contribution in [2.75, 3.05) is 47.5 Å². The Bertz CT molecular complexity index is 474. The van der Waals surface area contributed by atoms with Crippen LogP contribution in [0.4, 0.5) is 16.2 Å². The third-order valence-electron chi connectivity index (χ3n) is 3.62. The minimum Gasteiger partial charge on any atom is -0.441 e. The number of hydrogen-bond donors (Lipinski definition) is 1. The molecule has 0 spiro atoms. The SMILES string of the molecule is O=C1O[C@@H](CO)CN1c1ccc(N2CCSCC2)cc1. The molecule has 0 radical (unpaired) electrons. The van der Waals surface area contributed by atoms with Gasteiger partial charge in [0.1, 0.15) is 6.10 Å². The second-order valence-electron chi connectivity index (χ2n) is 4.91. The first-order valence-corrected chi connectivity index (χ1v) is 7.95. The first kappa shape index (κ1) is 13.6. The third-order valence-corrected chi connectivity index (χ3v) is 4.56. The molecular weight excluding hydrogens is 276 g/mol. The van der Waals surface area contributed by atoms with Crippen LogP contribution in [0.25, 0.3) is 0 Å². The van der Waals surface area contributed by atoms with Crippen molar-refractivity contribution in [3.05, 3.63) is 24.3 Å². The Hall–Kier alpha value is -1.40. The Kier molecular flexibility index (Phi) is 4.03. The van der Waals surface area contributed by atoms with Crippen LogP contribution in [0, 0.1) is 0 Å². The van der Waals surface area contributed by atoms with Crippen LogP contribution in [0.2, 0.25) is 0 Å². The van der Waals surface area contributed by atoms with Crippen LogP contribution in [-0.4, -0.2) is 55.1 Å². The monoisotopic (exact) mass is 294 g/mol. The van der Waals surface area contributed by atoms with Crippen LogP contribution >= 0.6 is 11.8 Å². The molecule has 0 aliphatic carbocycles. The molecule has 2 aliphatic heterocycles. The Morgan fingerprint density at radius 2 is 1.85 bits per heavy atom. The number of cyclic esters (lactones) is 1. The molecular formula is C14H18N2O3S. The van der Waals surface area contributed by atoms with Gasteiger partial charge >= 0.3 is 6.09 Å². The summed E-state index contributed by atoms with van der Waals surface area (Å²) in [5.41, 5.74) is 2.02. The van der Waals surface area contributed by atoms with Crippen molar-refractivity contribution in [3.8, 4) is 0 Å². The van der Waals surface area contributed by atoms with Crippen molar-refractivity contribution in [3.63, 3.8) is 0 Å². The van der Waals surface area contributed by atoms with Gasteiger partial charge in [-0.25, -0.2) is 4.79 Å². The summed E-state index contributed by atoms with van der Waals surface area (Å²) < 4.78 is 5.05. The molecule has 0 bridgehead atoms. The van der Waals surface area contributed by atoms with Crippen LogP contribution in [0.3, 0.4) is 0 Å². The van der Waals surface area contributed by atoms with Gasteiger partial charge in [0, 0.05) is 36.0 Å². The number of amides is 1. The summed E-state index contributed by atoms with van der Waals surface area (Å²) in [5, 5.41) is 9.05. The van der Waals surface area contributed by atoms with E-state index < -0.39 is 6.10 Å². The van der Waals surface area contributed by atoms with Crippen molar-refractivity contribution in [2.45, 2.75) is 6.10 Å². The number of nitrogens with zero attached hydrogens (tertiary/aromatic N) is 2. The molecule has 1 amide bonds. The minimum absolute atomic E-state index is 0.133. The topological polar surface area (TPSA) is 53.0 Å². The van der Waals surface area contributed by atoms with E-state index in [4.69, 9.17) is 9.84 Å². The summed E-state index contributed by atoms with van der Waals surface area (Å²) >= 11 is 1.99. The van der Waals surface area contributed by atoms with Crippen LogP contribution in [-0.2, 0) is 4.74 Å². The zero-order valence-electron chi connectivity index (χ0n) is 11.2. The Labute approximate surface area is 122 Å². The summed E-state index contributed by atoms with van der Waals surface area (Å²) in [4.78, 5) is 15.6. The van der Waals surface area contributed by atoms with E-state index in [1.54, 1.807) is 4.90 Å². The largest absolute Gasteiger partial charge is 0.441 e. The lowest BCUT2D eigenvalue weighted by Gasteiger charge is -2.28. The number of ether oxygens (including phenoxy) is 1. The third kappa shape index (κ3) is 2.71. The van der Waals surface area contributed by atoms with Gasteiger partial charge in [-0.2, -0.15) is 11.8 Å². The average Bonchev–Trinajstić information content (AvgIpc) is 2.89. The fraction of sp³-hybridized carbons (Fsp3) is 0.500. The van der Waals surface area contributed by atoms with Gasteiger partial charge in [-0.05, 0) is 24.3 Å². The molecule has 1 aromatic rings. The molecule has 5 nitrogen and oxygen atoms in total. The predicted octanol–water partition coefficient (Wildman–Crippen LogP) is 1.56. The number of anilines is 2. The number of carbonyl (C=O) groups is 1. The van der Waals surface area contributed by atoms with Gasteiger partial charge in [0.05, 0.1) is 13.2 Å². The maximum absolute atomic E-state index is 11.7. The fourth-order valence-corrected chi connectivity index (χ4v) is 3.40. The van der Waals surface area contributed by atoms with Gasteiger partial charge in [-0.1, -0.05) is 0 Å². The fourth-order valence-electron chi connectivity index (χ4n) is 2.49. The molecule has 20 heavy (non-hydrogen) atoms. The molecule has 3 rings (SSSR count). The highest BCUT2D eigenvalue weighted by Gasteiger charge is 2.31. The maximum atomic E-state index is 11.7. The van der Waals surface area contributed by atoms with Crippen molar-refractivity contribution in [2.24, 2.45) is 0 Å². The number of benzene rings is 1. The van der Waals surface area contributed by atoms with Crippen LogP contribution in [0.5, 0.6) is 0 Å². The highest BCUT2D eigenvalue weighted by atomic mass is 32.2. The van der Waals surface area contributed by atoms with Crippen LogP contribution in [0.15, 0.2) is 24.3 Å². The molecule has 2 saturated heterocycles. The number of aliphatic hydroxyl groups excluding tert-OH is 1. The molecule has 1 N–H and O–H groups in total. The number of rotatable bonds is 3. The summed E-state index contributed by atoms with van der Waals surface area (Å²) in [7, 11) is 0. The normalized spacial score (nSPS) is 23.1. The molecule has 2 aliphatic rings. The second-order valence-corrected chi connectivity index (χ2v) is 6.14. The van der Waals surface area contributed by atoms with Crippen molar-refractivity contribution in [1.82, 2.24) is 0 Å². The highest BCUT2D eigenvalue weighted by Crippen LogP contribution is 2.26. The average molecular weight is 294 g/mol. The smallest absolute Gasteiger partial charge is 0.414 e. The van der Waals surface area contributed by atoms with E-state index >= 15 is 0 Å². The molecule has 0 saturated carbocycles. The molecule has 1 atom stereocenters. The summed E-state index contributed by atoms with van der Waals surface area (Å²) in [6, 6.07) is 7.98. The van der Waals surface area contributed by atoms with Crippen LogP contribution in [0.1, 0.15) is 0 Å². The Balaban J connectivity index is 1.71. The molecule has 108 valence electrons. The van der Waals surface area contributed by atoms with E-state index in [0.717, 1.165) is 18.8 Å². The van der Waals surface area contributed by atoms with Crippen molar-refractivity contribution in [1.29, 1.82) is 0 Å². The molecule has 2 heterocycles. The first-order valence-electron chi connectivity index (χ1n) is 6.79. The number of aliphatic hydroxyl groups is 1. The highest BCUT2D eigenvalue weighted by molar-refractivity contribution is 7.99. The number of carbonyl (C=O) groups excluding carboxylic acids is 1. The van der Waals surface area contributed by atoms with Crippen LogP contribution < -0.4 is 9.80 Å². The Morgan fingerprint density at radius 1 is 1.20 bits per heavy atom. The van der Waals surface area contributed by atoms with Gasteiger partial charge in [-0.3, -0.25) is 4.90 Å². The molecule has 1 aromatic carbocycles. The lowest BCUT2D eigenvalue weighted by atomic mass is 10.2. The molecule has 2 fully saturated rings. The zero-order chi connectivity index (χ0) is 13.9. The van der Waals surface area contributed by atoms with Gasteiger partial charge in [-0.15, -0.1) is 0 Å². The number of thioether (sulfide) groups is 1. The summed E-state index contributed by atoms with van der Waals surface area (Å²) in [6.07, 6.45) is -0.799. The van der Waals surface area contributed by atoms with Gasteiger partial charge < -0.3 is 14.7 Å². The lowest BCUT2D eigenvalue weighted by molar-refractivity contribution is 0.0963. The molecule has 6 heteroatoms. The van der Waals surface area contributed by atoms with Gasteiger partial charge in [0.15, 0.2) is 0 Å². The van der Waals surface area contributed by atoms with E-state index in [9.17, 15) is 4.79 Å². The molecule has 0 aromatic heterocycles. The minimum atomic E-state index is -0.415. The first-order chi connectivity index (χ1) is 9.78. The van der Waals surface area contributed by atoms with Crippen molar-refractivity contribution >= 4 is 29.2 Å². The number of hydrogen-bond acceptors (Lipinski definition) is 5. The van der Waals surface area contributed by atoms with Crippen molar-refractivity contribution < 1.29 is 14.6 Å². The molecule has 0 unspecified atom stereocenters. The Morgan fingerprint density at radius 3 is 2.45 bits per heavy atom. The summed E-state index contributed by atoms with van der Waals surface area (Å²) in [6.45, 7) is 2.42. The lowest BCUT2D eigenvalue weighted by Crippen LogP contribution is -2.32. The summed E-state index contributed by atoms with van der Waals surface area (Å²) in [5.74, 6) is 2.33. The van der Waals surface area contributed by atoms with E-state index in [1.807, 2.05) is 36.0 Å².